The summed E-state index contributed by atoms with van der Waals surface area (Å²) in [6.07, 6.45) is 3.70. The molecular formula is C11H21N5O3S. The van der Waals surface area contributed by atoms with Crippen molar-refractivity contribution < 1.29 is 13.5 Å². The third-order valence-corrected chi connectivity index (χ3v) is 4.94. The Labute approximate surface area is 119 Å². The van der Waals surface area contributed by atoms with Gasteiger partial charge < -0.3 is 5.11 Å². The van der Waals surface area contributed by atoms with Gasteiger partial charge in [0, 0.05) is 39.7 Å². The first kappa shape index (κ1) is 15.4. The molecule has 2 N–H and O–H groups in total. The van der Waals surface area contributed by atoms with Crippen molar-refractivity contribution in [1.82, 2.24) is 23.8 Å². The van der Waals surface area contributed by atoms with E-state index in [4.69, 9.17) is 5.11 Å². The smallest absolute Gasteiger partial charge is 0.279 e. The average molecular weight is 303 g/mol. The number of nitrogens with zero attached hydrogens (tertiary/aromatic N) is 4. The Morgan fingerprint density at radius 2 is 2.35 bits per heavy atom. The minimum absolute atomic E-state index is 0.0316. The summed E-state index contributed by atoms with van der Waals surface area (Å²) in [5.41, 5.74) is 0. The quantitative estimate of drug-likeness (QED) is 0.694. The molecule has 2 heterocycles. The van der Waals surface area contributed by atoms with E-state index in [9.17, 15) is 8.42 Å². The lowest BCUT2D eigenvalue weighted by atomic mass is 10.0. The summed E-state index contributed by atoms with van der Waals surface area (Å²) in [6.45, 7) is 1.19. The standard InChI is InChI=1S/C11H21N5O3S/c1-15-9-12-11(14-15)4-5-13-20(18,19)16-6-2-3-10(7-16)8-17/h9-10,13,17H,2-8H2,1H3. The second-order valence-electron chi connectivity index (χ2n) is 5.03. The van der Waals surface area contributed by atoms with Crippen LogP contribution in [0.2, 0.25) is 0 Å². The van der Waals surface area contributed by atoms with Crippen LogP contribution in [0.25, 0.3) is 0 Å². The SMILES string of the molecule is Cn1cnc(CCNS(=O)(=O)N2CCCC(CO)C2)n1. The van der Waals surface area contributed by atoms with E-state index in [0.29, 0.717) is 25.3 Å². The summed E-state index contributed by atoms with van der Waals surface area (Å²) < 4.78 is 29.8. The maximum atomic E-state index is 12.1. The van der Waals surface area contributed by atoms with Gasteiger partial charge in [-0.3, -0.25) is 4.68 Å². The van der Waals surface area contributed by atoms with Gasteiger partial charge in [-0.1, -0.05) is 0 Å². The number of aliphatic hydroxyl groups excluding tert-OH is 1. The summed E-state index contributed by atoms with van der Waals surface area (Å²) in [5, 5.41) is 13.2. The Balaban J connectivity index is 1.84. The Morgan fingerprint density at radius 3 is 3.00 bits per heavy atom. The molecule has 1 aliphatic rings. The minimum Gasteiger partial charge on any atom is -0.396 e. The van der Waals surface area contributed by atoms with Crippen molar-refractivity contribution in [3.8, 4) is 0 Å². The summed E-state index contributed by atoms with van der Waals surface area (Å²) >= 11 is 0. The van der Waals surface area contributed by atoms with E-state index < -0.39 is 10.2 Å². The predicted molar refractivity (Wildman–Crippen MR) is 73.0 cm³/mol. The van der Waals surface area contributed by atoms with Crippen LogP contribution in [0.3, 0.4) is 0 Å². The number of aliphatic hydroxyl groups is 1. The van der Waals surface area contributed by atoms with Crippen LogP contribution < -0.4 is 4.72 Å². The number of aryl methyl sites for hydroxylation is 1. The van der Waals surface area contributed by atoms with E-state index in [1.807, 2.05) is 0 Å². The third kappa shape index (κ3) is 3.98. The molecule has 0 amide bonds. The van der Waals surface area contributed by atoms with Crippen molar-refractivity contribution in [2.75, 3.05) is 26.2 Å². The molecule has 1 atom stereocenters. The zero-order chi connectivity index (χ0) is 14.6. The number of rotatable bonds is 6. The molecule has 20 heavy (non-hydrogen) atoms. The largest absolute Gasteiger partial charge is 0.396 e. The van der Waals surface area contributed by atoms with Gasteiger partial charge in [0.05, 0.1) is 0 Å². The third-order valence-electron chi connectivity index (χ3n) is 3.36. The van der Waals surface area contributed by atoms with Crippen LogP contribution in [0.5, 0.6) is 0 Å². The van der Waals surface area contributed by atoms with Gasteiger partial charge in [-0.15, -0.1) is 0 Å². The Morgan fingerprint density at radius 1 is 1.55 bits per heavy atom. The number of nitrogens with one attached hydrogen (secondary N) is 1. The van der Waals surface area contributed by atoms with Gasteiger partial charge in [0.15, 0.2) is 5.82 Å². The van der Waals surface area contributed by atoms with Crippen LogP contribution in [-0.4, -0.2) is 58.8 Å². The normalized spacial score (nSPS) is 21.2. The molecule has 1 unspecified atom stereocenters. The predicted octanol–water partition coefficient (Wildman–Crippen LogP) is -1.10. The van der Waals surface area contributed by atoms with Crippen molar-refractivity contribution in [2.45, 2.75) is 19.3 Å². The number of hydrogen-bond donors (Lipinski definition) is 2. The highest BCUT2D eigenvalue weighted by molar-refractivity contribution is 7.87. The van der Waals surface area contributed by atoms with Gasteiger partial charge in [-0.2, -0.15) is 17.8 Å². The van der Waals surface area contributed by atoms with Crippen molar-refractivity contribution in [1.29, 1.82) is 0 Å². The van der Waals surface area contributed by atoms with E-state index in [-0.39, 0.29) is 19.1 Å². The molecule has 0 spiro atoms. The molecule has 0 aliphatic carbocycles. The maximum Gasteiger partial charge on any atom is 0.279 e. The summed E-state index contributed by atoms with van der Waals surface area (Å²) in [5.74, 6) is 0.653. The molecule has 1 saturated heterocycles. The molecule has 1 aliphatic heterocycles. The molecule has 0 bridgehead atoms. The molecule has 8 nitrogen and oxygen atoms in total. The van der Waals surface area contributed by atoms with E-state index in [0.717, 1.165) is 12.8 Å². The summed E-state index contributed by atoms with van der Waals surface area (Å²) in [4.78, 5) is 4.04. The van der Waals surface area contributed by atoms with E-state index in [2.05, 4.69) is 14.8 Å². The van der Waals surface area contributed by atoms with Crippen molar-refractivity contribution >= 4 is 10.2 Å². The van der Waals surface area contributed by atoms with Gasteiger partial charge in [0.2, 0.25) is 0 Å². The highest BCUT2D eigenvalue weighted by atomic mass is 32.2. The highest BCUT2D eigenvalue weighted by Gasteiger charge is 2.28. The number of hydrogen-bond acceptors (Lipinski definition) is 5. The Hall–Kier alpha value is -1.03. The molecule has 1 fully saturated rings. The van der Waals surface area contributed by atoms with E-state index in [1.54, 1.807) is 18.1 Å². The van der Waals surface area contributed by atoms with Gasteiger partial charge in [-0.05, 0) is 18.8 Å². The Kier molecular flexibility index (Phi) is 5.08. The van der Waals surface area contributed by atoms with Crippen LogP contribution >= 0.6 is 0 Å². The fourth-order valence-corrected chi connectivity index (χ4v) is 3.59. The summed E-state index contributed by atoms with van der Waals surface area (Å²) in [6, 6.07) is 0. The van der Waals surface area contributed by atoms with Crippen LogP contribution in [0, 0.1) is 5.92 Å². The maximum absolute atomic E-state index is 12.1. The lowest BCUT2D eigenvalue weighted by Crippen LogP contribution is -2.47. The Bertz CT molecular complexity index is 530. The van der Waals surface area contributed by atoms with Gasteiger partial charge in [0.25, 0.3) is 10.2 Å². The van der Waals surface area contributed by atoms with Crippen LogP contribution in [-0.2, 0) is 23.7 Å². The molecule has 1 aromatic rings. The van der Waals surface area contributed by atoms with Crippen molar-refractivity contribution in [3.63, 3.8) is 0 Å². The fraction of sp³-hybridized carbons (Fsp3) is 0.818. The molecular weight excluding hydrogens is 282 g/mol. The lowest BCUT2D eigenvalue weighted by Gasteiger charge is -2.30. The highest BCUT2D eigenvalue weighted by Crippen LogP contribution is 2.17. The zero-order valence-corrected chi connectivity index (χ0v) is 12.4. The second-order valence-corrected chi connectivity index (χ2v) is 6.79. The van der Waals surface area contributed by atoms with E-state index in [1.165, 1.54) is 4.31 Å². The minimum atomic E-state index is -3.48. The van der Waals surface area contributed by atoms with Crippen molar-refractivity contribution in [3.05, 3.63) is 12.2 Å². The molecule has 1 aromatic heterocycles. The first-order valence-corrected chi connectivity index (χ1v) is 8.15. The second kappa shape index (κ2) is 6.61. The first-order chi connectivity index (χ1) is 9.51. The monoisotopic (exact) mass is 303 g/mol. The fourth-order valence-electron chi connectivity index (χ4n) is 2.28. The van der Waals surface area contributed by atoms with Gasteiger partial charge in [0.1, 0.15) is 6.33 Å². The average Bonchev–Trinajstić information content (AvgIpc) is 2.84. The van der Waals surface area contributed by atoms with E-state index >= 15 is 0 Å². The van der Waals surface area contributed by atoms with Crippen molar-refractivity contribution in [2.24, 2.45) is 13.0 Å². The van der Waals surface area contributed by atoms with Crippen LogP contribution in [0.15, 0.2) is 6.33 Å². The first-order valence-electron chi connectivity index (χ1n) is 6.71. The molecule has 114 valence electrons. The zero-order valence-electron chi connectivity index (χ0n) is 11.6. The molecule has 0 saturated carbocycles. The van der Waals surface area contributed by atoms with Crippen LogP contribution in [0.1, 0.15) is 18.7 Å². The molecule has 9 heteroatoms. The number of piperidine rings is 1. The van der Waals surface area contributed by atoms with Gasteiger partial charge in [-0.25, -0.2) is 9.71 Å². The number of aromatic nitrogens is 3. The topological polar surface area (TPSA) is 100 Å². The molecule has 0 radical (unpaired) electrons. The van der Waals surface area contributed by atoms with Crippen LogP contribution in [0.4, 0.5) is 0 Å². The lowest BCUT2D eigenvalue weighted by molar-refractivity contribution is 0.165. The summed E-state index contributed by atoms with van der Waals surface area (Å²) in [7, 11) is -1.71. The van der Waals surface area contributed by atoms with Gasteiger partial charge >= 0.3 is 0 Å². The molecule has 2 rings (SSSR count). The molecule has 0 aromatic carbocycles.